The third kappa shape index (κ3) is 3.91. The number of aromatic nitrogens is 3. The monoisotopic (exact) mass is 397 g/mol. The molecule has 0 bridgehead atoms. The zero-order valence-corrected chi connectivity index (χ0v) is 16.7. The molecule has 1 amide bonds. The zero-order chi connectivity index (χ0) is 19.5. The largest absolute Gasteiger partial charge is 0.347 e. The van der Waals surface area contributed by atoms with Crippen molar-refractivity contribution in [2.24, 2.45) is 0 Å². The van der Waals surface area contributed by atoms with E-state index in [-0.39, 0.29) is 11.6 Å². The van der Waals surface area contributed by atoms with Gasteiger partial charge in [-0.25, -0.2) is 0 Å². The molecule has 1 aliphatic rings. The van der Waals surface area contributed by atoms with Crippen molar-refractivity contribution < 1.29 is 4.79 Å². The maximum atomic E-state index is 12.7. The third-order valence-electron chi connectivity index (χ3n) is 4.99. The van der Waals surface area contributed by atoms with Crippen molar-refractivity contribution in [3.63, 3.8) is 0 Å². The summed E-state index contributed by atoms with van der Waals surface area (Å²) in [5.74, 6) is -0.329. The fourth-order valence-corrected chi connectivity index (χ4v) is 4.30. The number of aryl methyl sites for hydroxylation is 1. The van der Waals surface area contributed by atoms with Gasteiger partial charge in [-0.2, -0.15) is 9.50 Å². The van der Waals surface area contributed by atoms with Crippen LogP contribution in [0.5, 0.6) is 0 Å². The highest BCUT2D eigenvalue weighted by atomic mass is 32.1. The number of hydrogen-bond donors (Lipinski definition) is 1. The second-order valence-corrected chi connectivity index (χ2v) is 7.89. The van der Waals surface area contributed by atoms with Crippen molar-refractivity contribution in [1.82, 2.24) is 19.9 Å². The normalized spacial score (nSPS) is 14.4. The van der Waals surface area contributed by atoms with Crippen LogP contribution in [0.1, 0.15) is 47.8 Å². The predicted molar refractivity (Wildman–Crippen MR) is 110 cm³/mol. The average Bonchev–Trinajstić information content (AvgIpc) is 3.16. The van der Waals surface area contributed by atoms with Crippen molar-refractivity contribution in [1.29, 1.82) is 0 Å². The first-order valence-electron chi connectivity index (χ1n) is 9.66. The molecule has 3 aromatic rings. The van der Waals surface area contributed by atoms with E-state index in [1.165, 1.54) is 33.9 Å². The summed E-state index contributed by atoms with van der Waals surface area (Å²) in [6.07, 6.45) is 4.47. The highest BCUT2D eigenvalue weighted by Gasteiger charge is 2.19. The van der Waals surface area contributed by atoms with Crippen LogP contribution in [0.4, 0.5) is 5.13 Å². The van der Waals surface area contributed by atoms with Crippen molar-refractivity contribution in [2.75, 3.05) is 18.0 Å². The Morgan fingerprint density at radius 1 is 1.14 bits per heavy atom. The summed E-state index contributed by atoms with van der Waals surface area (Å²) >= 11 is 1.35. The quantitative estimate of drug-likeness (QED) is 0.716. The number of benzene rings is 1. The Kier molecular flexibility index (Phi) is 5.38. The van der Waals surface area contributed by atoms with Crippen molar-refractivity contribution >= 4 is 27.3 Å². The van der Waals surface area contributed by atoms with Gasteiger partial charge in [0.15, 0.2) is 0 Å². The molecule has 4 rings (SSSR count). The van der Waals surface area contributed by atoms with Crippen LogP contribution < -0.4 is 15.8 Å². The molecule has 1 fully saturated rings. The third-order valence-corrected chi connectivity index (χ3v) is 5.96. The summed E-state index contributed by atoms with van der Waals surface area (Å²) in [5.41, 5.74) is 2.06. The Bertz CT molecular complexity index is 1030. The van der Waals surface area contributed by atoms with Gasteiger partial charge in [0.25, 0.3) is 11.5 Å². The van der Waals surface area contributed by atoms with Gasteiger partial charge in [0, 0.05) is 25.7 Å². The van der Waals surface area contributed by atoms with E-state index in [9.17, 15) is 9.59 Å². The first-order valence-corrected chi connectivity index (χ1v) is 10.5. The maximum Gasteiger partial charge on any atom is 0.274 e. The number of carbonyl (C=O) groups is 1. The number of hydrogen-bond acceptors (Lipinski definition) is 6. The summed E-state index contributed by atoms with van der Waals surface area (Å²) in [6.45, 7) is 4.39. The molecule has 28 heavy (non-hydrogen) atoms. The summed E-state index contributed by atoms with van der Waals surface area (Å²) in [4.78, 5) is 31.4. The number of amides is 1. The lowest BCUT2D eigenvalue weighted by Crippen LogP contribution is -2.30. The van der Waals surface area contributed by atoms with Crippen molar-refractivity contribution in [3.8, 4) is 0 Å². The smallest absolute Gasteiger partial charge is 0.274 e. The fourth-order valence-electron chi connectivity index (χ4n) is 3.35. The second-order valence-electron chi connectivity index (χ2n) is 6.96. The van der Waals surface area contributed by atoms with Crippen LogP contribution in [-0.4, -0.2) is 33.6 Å². The van der Waals surface area contributed by atoms with Crippen LogP contribution in [0.25, 0.3) is 4.96 Å². The van der Waals surface area contributed by atoms with Crippen LogP contribution in [0.2, 0.25) is 0 Å². The van der Waals surface area contributed by atoms with E-state index in [1.54, 1.807) is 0 Å². The van der Waals surface area contributed by atoms with Gasteiger partial charge in [-0.15, -0.1) is 5.10 Å². The van der Waals surface area contributed by atoms with Crippen molar-refractivity contribution in [2.45, 2.75) is 39.2 Å². The Balaban J connectivity index is 1.56. The number of piperidine rings is 1. The van der Waals surface area contributed by atoms with Crippen LogP contribution in [0.3, 0.4) is 0 Å². The lowest BCUT2D eigenvalue weighted by molar-refractivity contribution is 0.0943. The molecule has 7 nitrogen and oxygen atoms in total. The van der Waals surface area contributed by atoms with Gasteiger partial charge in [0.05, 0.1) is 0 Å². The number of carbonyl (C=O) groups excluding carboxylic acids is 1. The van der Waals surface area contributed by atoms with E-state index in [0.29, 0.717) is 11.5 Å². The fraction of sp³-hybridized carbons (Fsp3) is 0.400. The van der Waals surface area contributed by atoms with Gasteiger partial charge in [-0.1, -0.05) is 42.5 Å². The zero-order valence-electron chi connectivity index (χ0n) is 15.9. The predicted octanol–water partition coefficient (Wildman–Crippen LogP) is 2.63. The van der Waals surface area contributed by atoms with Gasteiger partial charge in [0.1, 0.15) is 5.69 Å². The summed E-state index contributed by atoms with van der Waals surface area (Å²) in [5, 5.41) is 8.27. The van der Waals surface area contributed by atoms with E-state index in [0.717, 1.165) is 43.0 Å². The SMILES string of the molecule is CCc1ccc(CNC(=O)c2cc(=O)nc3sc(N4CCCCC4)nn23)cc1. The molecule has 2 aromatic heterocycles. The maximum absolute atomic E-state index is 12.7. The van der Waals surface area contributed by atoms with Gasteiger partial charge in [-0.05, 0) is 36.8 Å². The molecule has 3 heterocycles. The van der Waals surface area contributed by atoms with Gasteiger partial charge < -0.3 is 10.2 Å². The van der Waals surface area contributed by atoms with Crippen LogP contribution in [0.15, 0.2) is 35.1 Å². The topological polar surface area (TPSA) is 79.6 Å². The van der Waals surface area contributed by atoms with Gasteiger partial charge >= 0.3 is 0 Å². The molecule has 8 heteroatoms. The summed E-state index contributed by atoms with van der Waals surface area (Å²) in [6, 6.07) is 9.38. The molecule has 146 valence electrons. The molecule has 0 radical (unpaired) electrons. The Morgan fingerprint density at radius 2 is 1.86 bits per heavy atom. The molecule has 0 spiro atoms. The average molecular weight is 398 g/mol. The molecular formula is C20H23N5O2S. The first-order chi connectivity index (χ1) is 13.6. The first kappa shape index (κ1) is 18.6. The second kappa shape index (κ2) is 8.10. The van der Waals surface area contributed by atoms with Crippen LogP contribution >= 0.6 is 11.3 Å². The number of nitrogens with one attached hydrogen (secondary N) is 1. The molecule has 1 aliphatic heterocycles. The highest BCUT2D eigenvalue weighted by molar-refractivity contribution is 7.20. The Labute approximate surface area is 167 Å². The minimum Gasteiger partial charge on any atom is -0.347 e. The molecule has 1 N–H and O–H groups in total. The lowest BCUT2D eigenvalue weighted by Gasteiger charge is -2.25. The van der Waals surface area contributed by atoms with Crippen molar-refractivity contribution in [3.05, 3.63) is 57.5 Å². The molecule has 0 aliphatic carbocycles. The number of rotatable bonds is 5. The van der Waals surface area contributed by atoms with Crippen LogP contribution in [0, 0.1) is 0 Å². The molecular weight excluding hydrogens is 374 g/mol. The van der Waals surface area contributed by atoms with E-state index in [2.05, 4.69) is 39.4 Å². The Hall–Kier alpha value is -2.74. The molecule has 1 aromatic carbocycles. The minimum atomic E-state index is -0.425. The standard InChI is InChI=1S/C20H23N5O2S/c1-2-14-6-8-15(9-7-14)13-21-18(27)16-12-17(26)22-19-25(16)23-20(28-19)24-10-4-3-5-11-24/h6-9,12H,2-5,10-11,13H2,1H3,(H,21,27). The molecule has 0 atom stereocenters. The number of nitrogens with zero attached hydrogens (tertiary/aromatic N) is 4. The Morgan fingerprint density at radius 3 is 2.57 bits per heavy atom. The molecule has 0 saturated carbocycles. The van der Waals surface area contributed by atoms with E-state index >= 15 is 0 Å². The summed E-state index contributed by atoms with van der Waals surface area (Å²) in [7, 11) is 0. The van der Waals surface area contributed by atoms with E-state index in [4.69, 9.17) is 0 Å². The lowest BCUT2D eigenvalue weighted by atomic mass is 10.1. The molecule has 1 saturated heterocycles. The summed E-state index contributed by atoms with van der Waals surface area (Å²) < 4.78 is 1.49. The number of anilines is 1. The van der Waals surface area contributed by atoms with E-state index < -0.39 is 5.56 Å². The van der Waals surface area contributed by atoms with Gasteiger partial charge in [0.2, 0.25) is 10.1 Å². The van der Waals surface area contributed by atoms with Gasteiger partial charge in [-0.3, -0.25) is 9.59 Å². The van der Waals surface area contributed by atoms with E-state index in [1.807, 2.05) is 12.1 Å². The van der Waals surface area contributed by atoms with Crippen LogP contribution in [-0.2, 0) is 13.0 Å². The number of fused-ring (bicyclic) bond motifs is 1. The highest BCUT2D eigenvalue weighted by Crippen LogP contribution is 2.25. The minimum absolute atomic E-state index is 0.222. The molecule has 0 unspecified atom stereocenters.